The normalized spacial score (nSPS) is 13.1. The number of amides is 2. The smallest absolute Gasteiger partial charge is 0.273 e. The summed E-state index contributed by atoms with van der Waals surface area (Å²) in [7, 11) is 1.65. The van der Waals surface area contributed by atoms with Crippen molar-refractivity contribution in [1.29, 1.82) is 0 Å². The fourth-order valence-electron chi connectivity index (χ4n) is 2.86. The molecule has 0 aromatic heterocycles. The van der Waals surface area contributed by atoms with Gasteiger partial charge >= 0.3 is 0 Å². The van der Waals surface area contributed by atoms with Crippen LogP contribution in [-0.4, -0.2) is 34.7 Å². The first-order valence-electron chi connectivity index (χ1n) is 8.76. The lowest BCUT2D eigenvalue weighted by Crippen LogP contribution is -2.27. The van der Waals surface area contributed by atoms with Crippen LogP contribution in [0.3, 0.4) is 0 Å². The number of nitro groups is 1. The number of hydrogen-bond acceptors (Lipinski definition) is 4. The van der Waals surface area contributed by atoms with Crippen LogP contribution in [0.25, 0.3) is 0 Å². The minimum atomic E-state index is -0.489. The van der Waals surface area contributed by atoms with E-state index in [1.54, 1.807) is 32.2 Å². The van der Waals surface area contributed by atoms with Crippen molar-refractivity contribution in [3.8, 4) is 0 Å². The molecule has 1 fully saturated rings. The first-order valence-corrected chi connectivity index (χ1v) is 8.76. The zero-order valence-electron chi connectivity index (χ0n) is 15.3. The maximum atomic E-state index is 12.7. The summed E-state index contributed by atoms with van der Waals surface area (Å²) in [5.74, 6) is -0.368. The summed E-state index contributed by atoms with van der Waals surface area (Å²) in [6.45, 7) is 1.91. The molecule has 0 aliphatic heterocycles. The molecule has 3 rings (SSSR count). The largest absolute Gasteiger partial charge is 0.349 e. The zero-order valence-corrected chi connectivity index (χ0v) is 15.3. The summed E-state index contributed by atoms with van der Waals surface area (Å²) in [6.07, 6.45) is 2.07. The summed E-state index contributed by atoms with van der Waals surface area (Å²) in [5, 5.41) is 14.0. The predicted octanol–water partition coefficient (Wildman–Crippen LogP) is 3.07. The molecule has 0 unspecified atom stereocenters. The first-order chi connectivity index (χ1) is 12.9. The maximum Gasteiger partial charge on any atom is 0.273 e. The summed E-state index contributed by atoms with van der Waals surface area (Å²) < 4.78 is 0. The van der Waals surface area contributed by atoms with E-state index >= 15 is 0 Å². The third kappa shape index (κ3) is 4.31. The van der Waals surface area contributed by atoms with Crippen LogP contribution in [-0.2, 0) is 6.54 Å². The Labute approximate surface area is 157 Å². The van der Waals surface area contributed by atoms with Crippen LogP contribution in [0.2, 0.25) is 0 Å². The molecule has 27 heavy (non-hydrogen) atoms. The molecule has 140 valence electrons. The van der Waals surface area contributed by atoms with E-state index in [2.05, 4.69) is 5.32 Å². The van der Waals surface area contributed by atoms with Gasteiger partial charge in [-0.1, -0.05) is 18.2 Å². The minimum absolute atomic E-state index is 0.0692. The zero-order chi connectivity index (χ0) is 19.6. The van der Waals surface area contributed by atoms with Crippen molar-refractivity contribution < 1.29 is 14.5 Å². The van der Waals surface area contributed by atoms with Crippen LogP contribution in [0.15, 0.2) is 42.5 Å². The number of benzene rings is 2. The van der Waals surface area contributed by atoms with E-state index in [1.165, 1.54) is 17.0 Å². The summed E-state index contributed by atoms with van der Waals surface area (Å²) in [4.78, 5) is 36.8. The second-order valence-electron chi connectivity index (χ2n) is 6.81. The molecule has 2 aromatic carbocycles. The lowest BCUT2D eigenvalue weighted by molar-refractivity contribution is -0.385. The van der Waals surface area contributed by atoms with Crippen molar-refractivity contribution in [2.75, 3.05) is 7.05 Å². The fourth-order valence-corrected chi connectivity index (χ4v) is 2.86. The fraction of sp³-hybridized carbons (Fsp3) is 0.300. The van der Waals surface area contributed by atoms with Gasteiger partial charge in [-0.3, -0.25) is 19.7 Å². The Morgan fingerprint density at radius 3 is 2.44 bits per heavy atom. The van der Waals surface area contributed by atoms with Gasteiger partial charge in [0.15, 0.2) is 0 Å². The Morgan fingerprint density at radius 1 is 1.19 bits per heavy atom. The number of hydrogen-bond donors (Lipinski definition) is 1. The number of nitro benzene ring substituents is 1. The molecule has 0 spiro atoms. The topological polar surface area (TPSA) is 92.6 Å². The number of carbonyl (C=O) groups excluding carboxylic acids is 2. The van der Waals surface area contributed by atoms with Gasteiger partial charge in [-0.2, -0.15) is 0 Å². The molecule has 1 saturated carbocycles. The van der Waals surface area contributed by atoms with E-state index in [0.717, 1.165) is 18.4 Å². The van der Waals surface area contributed by atoms with Gasteiger partial charge in [0.25, 0.3) is 17.5 Å². The Balaban J connectivity index is 1.68. The quantitative estimate of drug-likeness (QED) is 0.627. The molecular formula is C20H21N3O4. The Kier molecular flexibility index (Phi) is 5.21. The highest BCUT2D eigenvalue weighted by atomic mass is 16.6. The highest BCUT2D eigenvalue weighted by Crippen LogP contribution is 2.23. The van der Waals surface area contributed by atoms with Crippen molar-refractivity contribution in [2.45, 2.75) is 32.4 Å². The number of nitrogens with one attached hydrogen (secondary N) is 1. The van der Waals surface area contributed by atoms with Crippen LogP contribution in [0.1, 0.15) is 44.7 Å². The first kappa shape index (κ1) is 18.6. The summed E-state index contributed by atoms with van der Waals surface area (Å²) in [5.41, 5.74) is 2.06. The standard InChI is InChI=1S/C20H21N3O4/c1-13-17(4-3-5-18(13)23(26)27)20(25)22(2)12-14-6-8-15(9-7-14)19(24)21-16-10-11-16/h3-9,16H,10-12H2,1-2H3,(H,21,24). The van der Waals surface area contributed by atoms with Crippen LogP contribution in [0, 0.1) is 17.0 Å². The van der Waals surface area contributed by atoms with Crippen molar-refractivity contribution in [2.24, 2.45) is 0 Å². The van der Waals surface area contributed by atoms with E-state index in [9.17, 15) is 19.7 Å². The molecule has 0 saturated heterocycles. The third-order valence-corrected chi connectivity index (χ3v) is 4.63. The average Bonchev–Trinajstić information content (AvgIpc) is 3.45. The van der Waals surface area contributed by atoms with Crippen molar-refractivity contribution in [3.05, 3.63) is 74.8 Å². The Bertz CT molecular complexity index is 889. The van der Waals surface area contributed by atoms with E-state index in [0.29, 0.717) is 29.3 Å². The van der Waals surface area contributed by atoms with E-state index in [4.69, 9.17) is 0 Å². The van der Waals surface area contributed by atoms with E-state index in [-0.39, 0.29) is 17.5 Å². The molecule has 0 radical (unpaired) electrons. The Morgan fingerprint density at radius 2 is 1.85 bits per heavy atom. The summed E-state index contributed by atoms with van der Waals surface area (Å²) in [6, 6.07) is 11.9. The summed E-state index contributed by atoms with van der Waals surface area (Å²) >= 11 is 0. The number of carbonyl (C=O) groups is 2. The molecule has 2 amide bonds. The van der Waals surface area contributed by atoms with Gasteiger partial charge in [0.2, 0.25) is 0 Å². The van der Waals surface area contributed by atoms with Crippen molar-refractivity contribution in [1.82, 2.24) is 10.2 Å². The maximum absolute atomic E-state index is 12.7. The number of nitrogens with zero attached hydrogens (tertiary/aromatic N) is 2. The van der Waals surface area contributed by atoms with Crippen molar-refractivity contribution in [3.63, 3.8) is 0 Å². The SMILES string of the molecule is Cc1c(C(=O)N(C)Cc2ccc(C(=O)NC3CC3)cc2)cccc1[N+](=O)[O-]. The molecule has 1 aliphatic carbocycles. The second kappa shape index (κ2) is 7.57. The van der Waals surface area contributed by atoms with Crippen LogP contribution in [0.4, 0.5) is 5.69 Å². The Hall–Kier alpha value is -3.22. The second-order valence-corrected chi connectivity index (χ2v) is 6.81. The lowest BCUT2D eigenvalue weighted by atomic mass is 10.1. The predicted molar refractivity (Wildman–Crippen MR) is 101 cm³/mol. The van der Waals surface area contributed by atoms with Gasteiger partial charge in [-0.05, 0) is 43.5 Å². The van der Waals surface area contributed by atoms with E-state index < -0.39 is 4.92 Å². The average molecular weight is 367 g/mol. The van der Waals surface area contributed by atoms with Gasteiger partial charge in [-0.25, -0.2) is 0 Å². The number of rotatable bonds is 6. The molecule has 0 atom stereocenters. The molecular weight excluding hydrogens is 346 g/mol. The molecule has 7 nitrogen and oxygen atoms in total. The monoisotopic (exact) mass is 367 g/mol. The molecule has 0 heterocycles. The molecule has 2 aromatic rings. The van der Waals surface area contributed by atoms with Crippen molar-refractivity contribution >= 4 is 17.5 Å². The van der Waals surface area contributed by atoms with Crippen LogP contribution in [0.5, 0.6) is 0 Å². The minimum Gasteiger partial charge on any atom is -0.349 e. The van der Waals surface area contributed by atoms with Gasteiger partial charge < -0.3 is 10.2 Å². The van der Waals surface area contributed by atoms with Gasteiger partial charge in [0, 0.05) is 42.4 Å². The van der Waals surface area contributed by atoms with Gasteiger partial charge in [0.1, 0.15) is 0 Å². The lowest BCUT2D eigenvalue weighted by Gasteiger charge is -2.18. The van der Waals surface area contributed by atoms with Crippen LogP contribution >= 0.6 is 0 Å². The van der Waals surface area contributed by atoms with Gasteiger partial charge in [-0.15, -0.1) is 0 Å². The molecule has 7 heteroatoms. The highest BCUT2D eigenvalue weighted by molar-refractivity contribution is 5.96. The van der Waals surface area contributed by atoms with Gasteiger partial charge in [0.05, 0.1) is 4.92 Å². The molecule has 0 bridgehead atoms. The van der Waals surface area contributed by atoms with E-state index in [1.807, 2.05) is 12.1 Å². The highest BCUT2D eigenvalue weighted by Gasteiger charge is 2.24. The molecule has 1 aliphatic rings. The molecule has 1 N–H and O–H groups in total. The van der Waals surface area contributed by atoms with Crippen LogP contribution < -0.4 is 5.32 Å². The third-order valence-electron chi connectivity index (χ3n) is 4.63.